The van der Waals surface area contributed by atoms with Gasteiger partial charge in [0.25, 0.3) is 0 Å². The van der Waals surface area contributed by atoms with Crippen molar-refractivity contribution in [3.63, 3.8) is 0 Å². The Hall–Kier alpha value is -4.92. The zero-order valence-electron chi connectivity index (χ0n) is 30.3. The van der Waals surface area contributed by atoms with E-state index < -0.39 is 35.7 Å². The Bertz CT molecular complexity index is 2100. The average molecular weight is 780 g/mol. The smallest absolute Gasteiger partial charge is 0.421 e. The lowest BCUT2D eigenvalue weighted by Gasteiger charge is -2.24. The summed E-state index contributed by atoms with van der Waals surface area (Å²) in [5.41, 5.74) is 4.43. The summed E-state index contributed by atoms with van der Waals surface area (Å²) in [5.74, 6) is -1.16. The molecule has 2 saturated heterocycles. The first kappa shape index (κ1) is 38.4. The third kappa shape index (κ3) is 8.07. The van der Waals surface area contributed by atoms with E-state index >= 15 is 0 Å². The lowest BCUT2D eigenvalue weighted by atomic mass is 9.94. The highest BCUT2D eigenvalue weighted by molar-refractivity contribution is 6.36. The van der Waals surface area contributed by atoms with E-state index in [0.717, 1.165) is 40.3 Å². The highest BCUT2D eigenvalue weighted by atomic mass is 35.5. The normalized spacial score (nSPS) is 19.7. The number of benzene rings is 2. The monoisotopic (exact) mass is 779 g/mol. The van der Waals surface area contributed by atoms with Crippen LogP contribution in [0.4, 0.5) is 13.2 Å². The molecule has 0 saturated carbocycles. The molecule has 3 N–H and O–H groups in total. The number of alkyl halides is 3. The number of halogens is 4. The number of amides is 1. The fourth-order valence-electron chi connectivity index (χ4n) is 7.82. The van der Waals surface area contributed by atoms with E-state index in [1.807, 2.05) is 48.5 Å². The molecule has 15 heteroatoms. The second-order valence-corrected chi connectivity index (χ2v) is 14.3. The summed E-state index contributed by atoms with van der Waals surface area (Å²) in [6.07, 6.45) is -2.22. The van der Waals surface area contributed by atoms with Crippen LogP contribution in [0.5, 0.6) is 17.6 Å². The van der Waals surface area contributed by atoms with Crippen LogP contribution < -0.4 is 24.8 Å². The second kappa shape index (κ2) is 16.0. The molecule has 2 aliphatic heterocycles. The third-order valence-corrected chi connectivity index (χ3v) is 10.9. The second-order valence-electron chi connectivity index (χ2n) is 14.0. The Morgan fingerprint density at radius 2 is 1.71 bits per heavy atom. The van der Waals surface area contributed by atoms with E-state index in [2.05, 4.69) is 15.6 Å². The Labute approximate surface area is 321 Å². The van der Waals surface area contributed by atoms with Crippen molar-refractivity contribution in [3.05, 3.63) is 87.4 Å². The molecule has 3 atom stereocenters. The van der Waals surface area contributed by atoms with Crippen molar-refractivity contribution in [2.75, 3.05) is 27.3 Å². The largest absolute Gasteiger partial charge is 0.481 e. The summed E-state index contributed by atoms with van der Waals surface area (Å²) in [7, 11) is 2.87. The lowest BCUT2D eigenvalue weighted by molar-refractivity contribution is -0.143. The molecule has 0 spiro atoms. The van der Waals surface area contributed by atoms with E-state index in [0.29, 0.717) is 73.9 Å². The Kier molecular flexibility index (Phi) is 11.2. The quantitative estimate of drug-likeness (QED) is 0.130. The molecule has 11 nitrogen and oxygen atoms in total. The van der Waals surface area contributed by atoms with Gasteiger partial charge in [0, 0.05) is 54.4 Å². The van der Waals surface area contributed by atoms with Crippen molar-refractivity contribution in [1.29, 1.82) is 0 Å². The van der Waals surface area contributed by atoms with Gasteiger partial charge in [-0.15, -0.1) is 0 Å². The van der Waals surface area contributed by atoms with Crippen molar-refractivity contribution >= 4 is 23.5 Å². The minimum Gasteiger partial charge on any atom is -0.481 e. The number of hydrogen-bond acceptors (Lipinski definition) is 9. The number of carboxylic acid groups (broad SMARTS) is 1. The van der Waals surface area contributed by atoms with Gasteiger partial charge in [0.1, 0.15) is 17.7 Å². The summed E-state index contributed by atoms with van der Waals surface area (Å²) in [5, 5.41) is 16.4. The fraction of sp³-hybridized carbons (Fsp3) is 0.400. The number of fused-ring (bicyclic) bond motifs is 1. The number of rotatable bonds is 13. The molecular formula is C40H41ClF3N5O6. The van der Waals surface area contributed by atoms with Crippen LogP contribution in [0.1, 0.15) is 66.0 Å². The van der Waals surface area contributed by atoms with E-state index in [1.165, 1.54) is 7.11 Å². The number of pyridine rings is 2. The van der Waals surface area contributed by atoms with Gasteiger partial charge in [-0.3, -0.25) is 14.5 Å². The Balaban J connectivity index is 1.13. The third-order valence-electron chi connectivity index (χ3n) is 10.5. The molecule has 1 aliphatic carbocycles. The number of methoxy groups -OCH3 is 2. The lowest BCUT2D eigenvalue weighted by Crippen LogP contribution is -2.35. The molecule has 290 valence electrons. The van der Waals surface area contributed by atoms with Gasteiger partial charge < -0.3 is 30.0 Å². The molecule has 4 heterocycles. The summed E-state index contributed by atoms with van der Waals surface area (Å²) in [6.45, 7) is 1.51. The number of nitrogens with one attached hydrogen (secondary N) is 2. The van der Waals surface area contributed by atoms with Gasteiger partial charge in [0.15, 0.2) is 0 Å². The molecule has 0 unspecified atom stereocenters. The zero-order valence-corrected chi connectivity index (χ0v) is 31.1. The Morgan fingerprint density at radius 3 is 2.44 bits per heavy atom. The molecule has 4 aromatic rings. The first-order valence-corrected chi connectivity index (χ1v) is 18.6. The van der Waals surface area contributed by atoms with Crippen molar-refractivity contribution in [1.82, 2.24) is 25.5 Å². The van der Waals surface area contributed by atoms with Gasteiger partial charge in [-0.25, -0.2) is 4.98 Å². The van der Waals surface area contributed by atoms with E-state index in [9.17, 15) is 27.9 Å². The van der Waals surface area contributed by atoms with Gasteiger partial charge in [-0.1, -0.05) is 54.1 Å². The highest BCUT2D eigenvalue weighted by Crippen LogP contribution is 2.46. The topological polar surface area (TPSA) is 135 Å². The molecule has 1 amide bonds. The summed E-state index contributed by atoms with van der Waals surface area (Å²) in [6, 6.07) is 15.3. The molecule has 0 bridgehead atoms. The minimum absolute atomic E-state index is 0.0526. The first-order valence-electron chi connectivity index (χ1n) is 18.2. The molecule has 2 aromatic heterocycles. The number of aromatic nitrogens is 2. The molecule has 3 aliphatic rings. The Morgan fingerprint density at radius 1 is 0.964 bits per heavy atom. The van der Waals surface area contributed by atoms with Gasteiger partial charge in [-0.2, -0.15) is 18.2 Å². The highest BCUT2D eigenvalue weighted by Gasteiger charge is 2.40. The minimum atomic E-state index is -4.79. The summed E-state index contributed by atoms with van der Waals surface area (Å²) >= 11 is 7.11. The van der Waals surface area contributed by atoms with Crippen LogP contribution in [-0.4, -0.2) is 71.2 Å². The van der Waals surface area contributed by atoms with Gasteiger partial charge in [-0.05, 0) is 67.5 Å². The van der Waals surface area contributed by atoms with E-state index in [-0.39, 0.29) is 29.9 Å². The maximum atomic E-state index is 14.5. The molecular weight excluding hydrogens is 739 g/mol. The molecule has 0 radical (unpaired) electrons. The van der Waals surface area contributed by atoms with E-state index in [1.54, 1.807) is 12.0 Å². The number of nitrogens with zero attached hydrogens (tertiary/aromatic N) is 3. The van der Waals surface area contributed by atoms with Crippen LogP contribution in [0.3, 0.4) is 0 Å². The standard InChI is InChI=1S/C40H41ClF3N5O6/c1-53-36-22(19-45-20-24-12-16-34(50)46-24)11-14-31(47-36)29-9-4-8-28(35(29)41)25-6-3-7-27-26(25)13-15-33(27)55-38-30(40(42,43)44)18-23(37(48-38)54-2)21-49-17-5-10-32(49)39(51)52/h3-4,6-9,11,14,18,24,32-33,45H,5,10,12-13,15-17,19-21H2,1-2H3,(H,46,50)(H,51,52)/t24-,32+,33-/m0/s1. The zero-order chi connectivity index (χ0) is 38.9. The number of likely N-dealkylation sites (tertiary alicyclic amines) is 1. The van der Waals surface area contributed by atoms with Gasteiger partial charge in [0.05, 0.1) is 24.9 Å². The van der Waals surface area contributed by atoms with Crippen LogP contribution in [0.25, 0.3) is 22.4 Å². The van der Waals surface area contributed by atoms with Crippen LogP contribution in [0.15, 0.2) is 54.6 Å². The van der Waals surface area contributed by atoms with Crippen LogP contribution in [-0.2, 0) is 35.3 Å². The summed E-state index contributed by atoms with van der Waals surface area (Å²) < 4.78 is 60.8. The van der Waals surface area contributed by atoms with Crippen LogP contribution >= 0.6 is 11.6 Å². The predicted octanol–water partition coefficient (Wildman–Crippen LogP) is 6.98. The first-order chi connectivity index (χ1) is 26.4. The molecule has 7 rings (SSSR count). The number of hydrogen-bond donors (Lipinski definition) is 3. The molecule has 2 fully saturated rings. The fourth-order valence-corrected chi connectivity index (χ4v) is 8.15. The number of carbonyl (C=O) groups is 2. The molecule has 2 aromatic carbocycles. The van der Waals surface area contributed by atoms with Gasteiger partial charge in [0.2, 0.25) is 23.5 Å². The number of ether oxygens (including phenoxy) is 3. The van der Waals surface area contributed by atoms with Crippen LogP contribution in [0, 0.1) is 0 Å². The SMILES string of the molecule is COc1nc(-c2cccc(-c3cccc4c3CC[C@@H]4Oc3nc(OC)c(CN4CCC[C@@H]4C(=O)O)cc3C(F)(F)F)c2Cl)ccc1CNC[C@@H]1CCC(=O)N1. The van der Waals surface area contributed by atoms with Crippen molar-refractivity contribution in [3.8, 4) is 40.0 Å². The van der Waals surface area contributed by atoms with E-state index in [4.69, 9.17) is 30.8 Å². The van der Waals surface area contributed by atoms with Crippen molar-refractivity contribution < 1.29 is 42.1 Å². The van der Waals surface area contributed by atoms with Crippen LogP contribution in [0.2, 0.25) is 5.02 Å². The maximum Gasteiger partial charge on any atom is 0.421 e. The maximum absolute atomic E-state index is 14.5. The summed E-state index contributed by atoms with van der Waals surface area (Å²) in [4.78, 5) is 33.9. The number of aliphatic carboxylic acids is 1. The predicted molar refractivity (Wildman–Crippen MR) is 198 cm³/mol. The molecule has 55 heavy (non-hydrogen) atoms. The average Bonchev–Trinajstić information content (AvgIpc) is 3.92. The van der Waals surface area contributed by atoms with Gasteiger partial charge >= 0.3 is 12.1 Å². The van der Waals surface area contributed by atoms with Crippen molar-refractivity contribution in [2.45, 2.75) is 76.0 Å². The number of carboxylic acids is 1. The number of carbonyl (C=O) groups excluding carboxylic acids is 1. The van der Waals surface area contributed by atoms with Crippen molar-refractivity contribution in [2.24, 2.45) is 0 Å².